The number of aliphatic carboxylic acids is 1. The number of hydrogen-bond donors (Lipinski definition) is 3. The molecule has 0 saturated heterocycles. The second-order valence-corrected chi connectivity index (χ2v) is 4.73. The van der Waals surface area contributed by atoms with Gasteiger partial charge in [0.05, 0.1) is 0 Å². The summed E-state index contributed by atoms with van der Waals surface area (Å²) in [6.07, 6.45) is -4.12. The van der Waals surface area contributed by atoms with Crippen LogP contribution in [0, 0.1) is 0 Å². The molecule has 5 nitrogen and oxygen atoms in total. The second-order valence-electron chi connectivity index (χ2n) is 3.59. The largest absolute Gasteiger partial charge is 0.490 e. The molecule has 0 radical (unpaired) electrons. The van der Waals surface area contributed by atoms with Crippen LogP contribution >= 0.6 is 11.3 Å². The minimum absolute atomic E-state index is 0.462. The van der Waals surface area contributed by atoms with E-state index in [4.69, 9.17) is 15.0 Å². The number of fused-ring (bicyclic) bond motifs is 1. The van der Waals surface area contributed by atoms with Crippen molar-refractivity contribution in [2.45, 2.75) is 19.1 Å². The molecule has 0 aliphatic carbocycles. The van der Waals surface area contributed by atoms with Crippen LogP contribution in [0.25, 0.3) is 0 Å². The van der Waals surface area contributed by atoms with Gasteiger partial charge < -0.3 is 15.5 Å². The van der Waals surface area contributed by atoms with Gasteiger partial charge in [-0.15, -0.1) is 11.3 Å². The van der Waals surface area contributed by atoms with Gasteiger partial charge in [-0.3, -0.25) is 0 Å². The lowest BCUT2D eigenvalue weighted by molar-refractivity contribution is -0.192. The van der Waals surface area contributed by atoms with E-state index in [-0.39, 0.29) is 0 Å². The fourth-order valence-electron chi connectivity index (χ4n) is 1.36. The van der Waals surface area contributed by atoms with E-state index in [0.29, 0.717) is 4.88 Å². The average Bonchev–Trinajstić information content (AvgIpc) is 2.72. The Bertz CT molecular complexity index is 460. The highest BCUT2D eigenvalue weighted by Crippen LogP contribution is 2.24. The molecule has 2 rings (SSSR count). The number of nitrogens with one attached hydrogen (secondary N) is 1. The zero-order valence-corrected chi connectivity index (χ0v) is 10.3. The molecular weight excluding hydrogens is 287 g/mol. The van der Waals surface area contributed by atoms with Gasteiger partial charge in [-0.25, -0.2) is 9.59 Å². The van der Waals surface area contributed by atoms with E-state index in [1.54, 1.807) is 6.07 Å². The van der Waals surface area contributed by atoms with E-state index in [1.807, 2.05) is 0 Å². The van der Waals surface area contributed by atoms with Crippen molar-refractivity contribution in [3.05, 3.63) is 21.4 Å². The Balaban J connectivity index is 0.000000224. The Morgan fingerprint density at radius 3 is 2.32 bits per heavy atom. The molecule has 0 atom stereocenters. The number of carboxylic acids is 2. The van der Waals surface area contributed by atoms with Crippen LogP contribution in [0.3, 0.4) is 0 Å². The summed E-state index contributed by atoms with van der Waals surface area (Å²) in [5, 5.41) is 19.1. The Morgan fingerprint density at radius 1 is 1.32 bits per heavy atom. The molecule has 1 aliphatic rings. The van der Waals surface area contributed by atoms with Crippen LogP contribution in [0.1, 0.15) is 20.1 Å². The maximum atomic E-state index is 10.6. The van der Waals surface area contributed by atoms with Crippen LogP contribution in [0.2, 0.25) is 0 Å². The molecule has 1 aliphatic heterocycles. The molecule has 3 N–H and O–H groups in total. The van der Waals surface area contributed by atoms with Crippen LogP contribution in [-0.4, -0.2) is 34.9 Å². The molecule has 0 saturated carbocycles. The molecule has 2 heterocycles. The molecule has 0 amide bonds. The van der Waals surface area contributed by atoms with Crippen molar-refractivity contribution in [1.82, 2.24) is 5.32 Å². The highest BCUT2D eigenvalue weighted by atomic mass is 32.1. The van der Waals surface area contributed by atoms with E-state index in [0.717, 1.165) is 25.1 Å². The highest BCUT2D eigenvalue weighted by molar-refractivity contribution is 7.14. The van der Waals surface area contributed by atoms with E-state index in [2.05, 4.69) is 5.32 Å². The van der Waals surface area contributed by atoms with Crippen LogP contribution in [0.15, 0.2) is 6.07 Å². The summed E-state index contributed by atoms with van der Waals surface area (Å²) < 4.78 is 31.7. The van der Waals surface area contributed by atoms with Gasteiger partial charge >= 0.3 is 18.1 Å². The predicted octanol–water partition coefficient (Wildman–Crippen LogP) is 1.73. The standard InChI is InChI=1S/C8H9NO2S.C2HF3O2/c10-8(11)7-3-5-4-9-2-1-6(5)12-7;3-2(4,5)1(6)7/h3,9H,1-2,4H2,(H,10,11);(H,6,7). The fraction of sp³-hybridized carbons (Fsp3) is 0.400. The molecule has 0 bridgehead atoms. The fourth-order valence-corrected chi connectivity index (χ4v) is 2.38. The van der Waals surface area contributed by atoms with Gasteiger partial charge in [0.1, 0.15) is 4.88 Å². The first-order valence-electron chi connectivity index (χ1n) is 5.07. The molecule has 0 spiro atoms. The summed E-state index contributed by atoms with van der Waals surface area (Å²) in [4.78, 5) is 21.2. The topological polar surface area (TPSA) is 86.6 Å². The normalized spacial score (nSPS) is 14.1. The molecule has 0 fully saturated rings. The first-order valence-corrected chi connectivity index (χ1v) is 5.89. The number of halogens is 3. The average molecular weight is 297 g/mol. The van der Waals surface area contributed by atoms with Crippen LogP contribution < -0.4 is 5.32 Å². The van der Waals surface area contributed by atoms with Crippen LogP contribution in [0.5, 0.6) is 0 Å². The van der Waals surface area contributed by atoms with Crippen molar-refractivity contribution in [3.8, 4) is 0 Å². The quantitative estimate of drug-likeness (QED) is 0.735. The Kier molecular flexibility index (Phi) is 4.90. The number of hydrogen-bond acceptors (Lipinski definition) is 4. The van der Waals surface area contributed by atoms with E-state index in [1.165, 1.54) is 16.2 Å². The van der Waals surface area contributed by atoms with Gasteiger partial charge in [0.25, 0.3) is 0 Å². The maximum Gasteiger partial charge on any atom is 0.490 e. The zero-order valence-electron chi connectivity index (χ0n) is 9.45. The predicted molar refractivity (Wildman–Crippen MR) is 60.4 cm³/mol. The molecular formula is C10H10F3NO4S. The molecule has 9 heteroatoms. The van der Waals surface area contributed by atoms with Gasteiger partial charge in [0.15, 0.2) is 0 Å². The van der Waals surface area contributed by atoms with Gasteiger partial charge in [-0.2, -0.15) is 13.2 Å². The summed E-state index contributed by atoms with van der Waals surface area (Å²) in [5.41, 5.74) is 1.16. The number of alkyl halides is 3. The van der Waals surface area contributed by atoms with E-state index < -0.39 is 18.1 Å². The SMILES string of the molecule is O=C(O)C(F)(F)F.O=C(O)c1cc2c(s1)CCNC2. The lowest BCUT2D eigenvalue weighted by atomic mass is 10.1. The number of aromatic carboxylic acids is 1. The van der Waals surface area contributed by atoms with Gasteiger partial charge in [-0.05, 0) is 18.1 Å². The van der Waals surface area contributed by atoms with Gasteiger partial charge in [-0.1, -0.05) is 0 Å². The van der Waals surface area contributed by atoms with Crippen LogP contribution in [0.4, 0.5) is 13.2 Å². The monoisotopic (exact) mass is 297 g/mol. The van der Waals surface area contributed by atoms with Gasteiger partial charge in [0.2, 0.25) is 0 Å². The van der Waals surface area contributed by atoms with Crippen molar-refractivity contribution >= 4 is 23.3 Å². The third-order valence-corrected chi connectivity index (χ3v) is 3.42. The Hall–Kier alpha value is -1.61. The smallest absolute Gasteiger partial charge is 0.477 e. The molecule has 1 aromatic heterocycles. The van der Waals surface area contributed by atoms with Crippen molar-refractivity contribution < 1.29 is 33.0 Å². The Labute approximate surface area is 109 Å². The van der Waals surface area contributed by atoms with Crippen LogP contribution in [-0.2, 0) is 17.8 Å². The van der Waals surface area contributed by atoms with Crippen molar-refractivity contribution in [1.29, 1.82) is 0 Å². The van der Waals surface area contributed by atoms with E-state index >= 15 is 0 Å². The first kappa shape index (κ1) is 15.4. The van der Waals surface area contributed by atoms with Crippen molar-refractivity contribution in [2.75, 3.05) is 6.54 Å². The summed E-state index contributed by atoms with van der Waals surface area (Å²) in [7, 11) is 0. The lowest BCUT2D eigenvalue weighted by Crippen LogP contribution is -2.21. The zero-order chi connectivity index (χ0) is 14.6. The summed E-state index contributed by atoms with van der Waals surface area (Å²) in [6.45, 7) is 1.78. The highest BCUT2D eigenvalue weighted by Gasteiger charge is 2.38. The minimum Gasteiger partial charge on any atom is -0.477 e. The molecule has 0 aromatic carbocycles. The summed E-state index contributed by atoms with van der Waals surface area (Å²) in [5.74, 6) is -3.57. The van der Waals surface area contributed by atoms with Gasteiger partial charge in [0, 0.05) is 18.0 Å². The lowest BCUT2D eigenvalue weighted by Gasteiger charge is -2.10. The number of rotatable bonds is 1. The number of thiophene rings is 1. The molecule has 19 heavy (non-hydrogen) atoms. The Morgan fingerprint density at radius 2 is 1.89 bits per heavy atom. The number of carboxylic acid groups (broad SMARTS) is 2. The summed E-state index contributed by atoms with van der Waals surface area (Å²) >= 11 is 1.40. The van der Waals surface area contributed by atoms with E-state index in [9.17, 15) is 18.0 Å². The van der Waals surface area contributed by atoms with Crippen molar-refractivity contribution in [3.63, 3.8) is 0 Å². The van der Waals surface area contributed by atoms with Crippen molar-refractivity contribution in [2.24, 2.45) is 0 Å². The third-order valence-electron chi connectivity index (χ3n) is 2.19. The number of carbonyl (C=O) groups is 2. The minimum atomic E-state index is -5.08. The summed E-state index contributed by atoms with van der Waals surface area (Å²) in [6, 6.07) is 1.77. The molecule has 0 unspecified atom stereocenters. The maximum absolute atomic E-state index is 10.6. The molecule has 106 valence electrons. The third kappa shape index (κ3) is 4.52. The first-order chi connectivity index (χ1) is 8.71. The molecule has 1 aromatic rings. The second kappa shape index (κ2) is 6.02.